The molecule has 0 aliphatic rings. The third kappa shape index (κ3) is 4.13. The van der Waals surface area contributed by atoms with Gasteiger partial charge >= 0.3 is 0 Å². The third-order valence-corrected chi connectivity index (χ3v) is 9.88. The minimum Gasteiger partial charge on any atom is -0.254 e. The first-order valence-electron chi connectivity index (χ1n) is 16.4. The van der Waals surface area contributed by atoms with Gasteiger partial charge in [-0.05, 0) is 89.6 Å². The SMILES string of the molecule is c1cc(-c2ccc3c4ccccc4c4ccccc4c3c2)cc(-c2ccc(-c3ccc4ccc5cccnc5c4n3)c3ccccc23)c1. The molecule has 222 valence electrons. The first-order valence-corrected chi connectivity index (χ1v) is 16.4. The van der Waals surface area contributed by atoms with Crippen LogP contribution in [0.1, 0.15) is 0 Å². The van der Waals surface area contributed by atoms with E-state index in [1.54, 1.807) is 0 Å². The summed E-state index contributed by atoms with van der Waals surface area (Å²) in [5.41, 5.74) is 8.76. The van der Waals surface area contributed by atoms with Gasteiger partial charge in [0.25, 0.3) is 0 Å². The lowest BCUT2D eigenvalue weighted by Gasteiger charge is -2.14. The van der Waals surface area contributed by atoms with Gasteiger partial charge < -0.3 is 0 Å². The van der Waals surface area contributed by atoms with Crippen LogP contribution >= 0.6 is 0 Å². The Kier molecular flexibility index (Phi) is 5.91. The summed E-state index contributed by atoms with van der Waals surface area (Å²) >= 11 is 0. The van der Waals surface area contributed by atoms with Crippen molar-refractivity contribution in [1.29, 1.82) is 0 Å². The average molecular weight is 609 g/mol. The second-order valence-electron chi connectivity index (χ2n) is 12.5. The van der Waals surface area contributed by atoms with Gasteiger partial charge in [0.15, 0.2) is 0 Å². The van der Waals surface area contributed by atoms with Crippen molar-refractivity contribution < 1.29 is 0 Å². The summed E-state index contributed by atoms with van der Waals surface area (Å²) in [7, 11) is 0. The van der Waals surface area contributed by atoms with Crippen molar-refractivity contribution in [2.24, 2.45) is 0 Å². The molecule has 2 nitrogen and oxygen atoms in total. The largest absolute Gasteiger partial charge is 0.254 e. The lowest BCUT2D eigenvalue weighted by atomic mass is 9.90. The molecule has 0 atom stereocenters. The normalized spacial score (nSPS) is 11.8. The van der Waals surface area contributed by atoms with Gasteiger partial charge in [0.05, 0.1) is 16.7 Å². The van der Waals surface area contributed by atoms with Crippen molar-refractivity contribution in [2.45, 2.75) is 0 Å². The van der Waals surface area contributed by atoms with E-state index < -0.39 is 0 Å². The first kappa shape index (κ1) is 26.8. The van der Waals surface area contributed by atoms with Crippen LogP contribution < -0.4 is 0 Å². The van der Waals surface area contributed by atoms with Crippen LogP contribution in [0.15, 0.2) is 170 Å². The molecule has 48 heavy (non-hydrogen) atoms. The van der Waals surface area contributed by atoms with E-state index in [9.17, 15) is 0 Å². The fraction of sp³-hybridized carbons (Fsp3) is 0. The van der Waals surface area contributed by atoms with Gasteiger partial charge in [-0.15, -0.1) is 0 Å². The van der Waals surface area contributed by atoms with E-state index in [4.69, 9.17) is 4.98 Å². The fourth-order valence-corrected chi connectivity index (χ4v) is 7.60. The van der Waals surface area contributed by atoms with Crippen LogP contribution in [-0.2, 0) is 0 Å². The van der Waals surface area contributed by atoms with Crippen LogP contribution in [0.5, 0.6) is 0 Å². The molecule has 10 aromatic rings. The molecular formula is C46H28N2. The predicted octanol–water partition coefficient (Wildman–Crippen LogP) is 12.4. The monoisotopic (exact) mass is 608 g/mol. The summed E-state index contributed by atoms with van der Waals surface area (Å²) < 4.78 is 0. The Bertz CT molecular complexity index is 2870. The van der Waals surface area contributed by atoms with Crippen LogP contribution in [0.3, 0.4) is 0 Å². The Labute approximate surface area is 277 Å². The molecule has 2 aromatic heterocycles. The molecule has 0 unspecified atom stereocenters. The number of pyridine rings is 2. The summed E-state index contributed by atoms with van der Waals surface area (Å²) in [6.07, 6.45) is 1.84. The van der Waals surface area contributed by atoms with Crippen molar-refractivity contribution in [3.63, 3.8) is 0 Å². The third-order valence-electron chi connectivity index (χ3n) is 9.88. The predicted molar refractivity (Wildman–Crippen MR) is 203 cm³/mol. The molecule has 0 N–H and O–H groups in total. The highest BCUT2D eigenvalue weighted by atomic mass is 14.8. The zero-order chi connectivity index (χ0) is 31.6. The van der Waals surface area contributed by atoms with Crippen molar-refractivity contribution in [3.05, 3.63) is 170 Å². The first-order chi connectivity index (χ1) is 23.8. The van der Waals surface area contributed by atoms with E-state index in [1.807, 2.05) is 12.3 Å². The van der Waals surface area contributed by atoms with Crippen LogP contribution in [0.2, 0.25) is 0 Å². The van der Waals surface area contributed by atoms with E-state index in [2.05, 4.69) is 163 Å². The summed E-state index contributed by atoms with van der Waals surface area (Å²) in [5, 5.41) is 12.3. The minimum atomic E-state index is 0.933. The van der Waals surface area contributed by atoms with E-state index in [-0.39, 0.29) is 0 Å². The Morgan fingerprint density at radius 2 is 0.875 bits per heavy atom. The van der Waals surface area contributed by atoms with Gasteiger partial charge in [-0.3, -0.25) is 4.98 Å². The summed E-state index contributed by atoms with van der Waals surface area (Å²) in [4.78, 5) is 9.86. The molecule has 0 bridgehead atoms. The number of benzene rings is 8. The molecule has 8 aromatic carbocycles. The van der Waals surface area contributed by atoms with Crippen molar-refractivity contribution >= 4 is 64.9 Å². The summed E-state index contributed by atoms with van der Waals surface area (Å²) in [6, 6.07) is 59.2. The van der Waals surface area contributed by atoms with Crippen LogP contribution in [0, 0.1) is 0 Å². The number of hydrogen-bond acceptors (Lipinski definition) is 2. The number of fused-ring (bicyclic) bond motifs is 10. The number of nitrogens with zero attached hydrogens (tertiary/aromatic N) is 2. The zero-order valence-electron chi connectivity index (χ0n) is 26.1. The maximum absolute atomic E-state index is 5.18. The molecule has 0 aliphatic carbocycles. The van der Waals surface area contributed by atoms with E-state index >= 15 is 0 Å². The Balaban J connectivity index is 1.11. The molecule has 0 saturated carbocycles. The van der Waals surface area contributed by atoms with Gasteiger partial charge in [0.2, 0.25) is 0 Å². The molecule has 0 radical (unpaired) electrons. The van der Waals surface area contributed by atoms with Crippen LogP contribution in [-0.4, -0.2) is 9.97 Å². The van der Waals surface area contributed by atoms with Gasteiger partial charge in [0, 0.05) is 22.5 Å². The fourth-order valence-electron chi connectivity index (χ4n) is 7.60. The molecule has 0 aliphatic heterocycles. The van der Waals surface area contributed by atoms with Crippen LogP contribution in [0.4, 0.5) is 0 Å². The lowest BCUT2D eigenvalue weighted by molar-refractivity contribution is 1.37. The highest BCUT2D eigenvalue weighted by Crippen LogP contribution is 2.40. The molecule has 0 amide bonds. The quantitative estimate of drug-likeness (QED) is 0.187. The Morgan fingerprint density at radius 1 is 0.312 bits per heavy atom. The van der Waals surface area contributed by atoms with Crippen molar-refractivity contribution in [1.82, 2.24) is 9.97 Å². The number of aromatic nitrogens is 2. The van der Waals surface area contributed by atoms with E-state index in [1.165, 1.54) is 65.3 Å². The maximum atomic E-state index is 5.18. The maximum Gasteiger partial charge on any atom is 0.0972 e. The second kappa shape index (κ2) is 10.6. The molecule has 2 heteroatoms. The molecule has 2 heterocycles. The average Bonchev–Trinajstić information content (AvgIpc) is 3.17. The summed E-state index contributed by atoms with van der Waals surface area (Å²) in [5.74, 6) is 0. The second-order valence-corrected chi connectivity index (χ2v) is 12.5. The van der Waals surface area contributed by atoms with E-state index in [0.29, 0.717) is 0 Å². The molecule has 0 spiro atoms. The van der Waals surface area contributed by atoms with Crippen molar-refractivity contribution in [3.8, 4) is 33.5 Å². The Morgan fingerprint density at radius 3 is 1.62 bits per heavy atom. The van der Waals surface area contributed by atoms with Crippen molar-refractivity contribution in [2.75, 3.05) is 0 Å². The molecule has 0 fully saturated rings. The Hall–Kier alpha value is -6.38. The van der Waals surface area contributed by atoms with E-state index in [0.717, 1.165) is 33.1 Å². The standard InChI is InChI=1S/C46H28N2/c1-5-16-39-35(12-1)34(23-24-42(39)44-25-21-30-19-18-29-11-8-26-47-45(29)46(30)48-44)33-10-7-9-31(27-33)32-20-22-41-38-15-3-2-13-36(38)37-14-4-6-17-40(37)43(41)28-32/h1-28H. The van der Waals surface area contributed by atoms with Gasteiger partial charge in [-0.25, -0.2) is 4.98 Å². The minimum absolute atomic E-state index is 0.933. The zero-order valence-corrected chi connectivity index (χ0v) is 26.1. The van der Waals surface area contributed by atoms with Gasteiger partial charge in [-0.2, -0.15) is 0 Å². The highest BCUT2D eigenvalue weighted by Gasteiger charge is 2.14. The molecule has 0 saturated heterocycles. The lowest BCUT2D eigenvalue weighted by Crippen LogP contribution is -1.91. The molecular weight excluding hydrogens is 581 g/mol. The summed E-state index contributed by atoms with van der Waals surface area (Å²) in [6.45, 7) is 0. The topological polar surface area (TPSA) is 25.8 Å². The number of rotatable bonds is 3. The number of hydrogen-bond donors (Lipinski definition) is 0. The van der Waals surface area contributed by atoms with Crippen LogP contribution in [0.25, 0.3) is 98.4 Å². The van der Waals surface area contributed by atoms with Gasteiger partial charge in [0.1, 0.15) is 0 Å². The highest BCUT2D eigenvalue weighted by molar-refractivity contribution is 6.25. The molecule has 10 rings (SSSR count). The smallest absolute Gasteiger partial charge is 0.0972 e. The van der Waals surface area contributed by atoms with Gasteiger partial charge in [-0.1, -0.05) is 140 Å².